The quantitative estimate of drug-likeness (QED) is 0.777. The third-order valence-electron chi connectivity index (χ3n) is 6.12. The van der Waals surface area contributed by atoms with E-state index in [4.69, 9.17) is 23.2 Å². The fourth-order valence-electron chi connectivity index (χ4n) is 4.46. The smallest absolute Gasteiger partial charge is 0.254 e. The Kier molecular flexibility index (Phi) is 6.05. The van der Waals surface area contributed by atoms with Gasteiger partial charge in [0, 0.05) is 35.2 Å². The molecule has 4 rings (SSSR count). The predicted molar refractivity (Wildman–Crippen MR) is 117 cm³/mol. The number of hydrogen-bond acceptors (Lipinski definition) is 3. The zero-order chi connectivity index (χ0) is 21.4. The highest BCUT2D eigenvalue weighted by atomic mass is 35.5. The van der Waals surface area contributed by atoms with Crippen LogP contribution in [0.5, 0.6) is 0 Å². The van der Waals surface area contributed by atoms with Crippen LogP contribution in [-0.4, -0.2) is 52.5 Å². The number of carbonyl (C=O) groups excluding carboxylic acids is 2. The highest BCUT2D eigenvalue weighted by Gasteiger charge is 2.33. The van der Waals surface area contributed by atoms with Crippen molar-refractivity contribution in [1.29, 1.82) is 0 Å². The average Bonchev–Trinajstić information content (AvgIpc) is 3.16. The maximum absolute atomic E-state index is 13.1. The Morgan fingerprint density at radius 1 is 1.10 bits per heavy atom. The summed E-state index contributed by atoms with van der Waals surface area (Å²) in [6.45, 7) is 3.46. The second kappa shape index (κ2) is 8.58. The van der Waals surface area contributed by atoms with Crippen LogP contribution in [0.25, 0.3) is 0 Å². The van der Waals surface area contributed by atoms with Gasteiger partial charge < -0.3 is 14.9 Å². The van der Waals surface area contributed by atoms with Gasteiger partial charge in [-0.25, -0.2) is 0 Å². The molecule has 1 fully saturated rings. The highest BCUT2D eigenvalue weighted by Crippen LogP contribution is 2.34. The molecular weight excluding hydrogens is 423 g/mol. The molecule has 2 aliphatic heterocycles. The summed E-state index contributed by atoms with van der Waals surface area (Å²) >= 11 is 12.5. The van der Waals surface area contributed by atoms with Gasteiger partial charge in [0.25, 0.3) is 5.91 Å². The van der Waals surface area contributed by atoms with E-state index >= 15 is 0 Å². The Balaban J connectivity index is 1.56. The van der Waals surface area contributed by atoms with Gasteiger partial charge in [0.05, 0.1) is 18.6 Å². The molecule has 0 aliphatic carbocycles. The molecule has 0 aromatic heterocycles. The summed E-state index contributed by atoms with van der Waals surface area (Å²) in [6, 6.07) is 10.8. The summed E-state index contributed by atoms with van der Waals surface area (Å²) in [4.78, 5) is 29.6. The van der Waals surface area contributed by atoms with Crippen LogP contribution >= 0.6 is 23.2 Å². The molecule has 30 heavy (non-hydrogen) atoms. The summed E-state index contributed by atoms with van der Waals surface area (Å²) in [6.07, 6.45) is 0.920. The van der Waals surface area contributed by atoms with Crippen LogP contribution in [0.2, 0.25) is 10.0 Å². The second-order valence-corrected chi connectivity index (χ2v) is 8.77. The van der Waals surface area contributed by atoms with Gasteiger partial charge in [0.15, 0.2) is 0 Å². The fourth-order valence-corrected chi connectivity index (χ4v) is 4.99. The molecule has 1 saturated heterocycles. The predicted octanol–water partition coefficient (Wildman–Crippen LogP) is 3.89. The van der Waals surface area contributed by atoms with E-state index in [9.17, 15) is 14.7 Å². The zero-order valence-electron chi connectivity index (χ0n) is 16.8. The average molecular weight is 447 g/mol. The van der Waals surface area contributed by atoms with Crippen molar-refractivity contribution in [3.63, 3.8) is 0 Å². The van der Waals surface area contributed by atoms with Crippen LogP contribution in [0.1, 0.15) is 46.4 Å². The number of carbonyl (C=O) groups is 2. The van der Waals surface area contributed by atoms with Gasteiger partial charge in [-0.05, 0) is 54.7 Å². The SMILES string of the molecule is C[C@H]1c2cccc(C(=O)N3CC[C@H](O)C3)c2CCN1C(=O)Cc1c(Cl)cccc1Cl. The maximum atomic E-state index is 13.1. The van der Waals surface area contributed by atoms with E-state index in [0.29, 0.717) is 53.6 Å². The van der Waals surface area contributed by atoms with E-state index in [1.165, 1.54) is 0 Å². The molecule has 7 heteroatoms. The van der Waals surface area contributed by atoms with Crippen LogP contribution in [0.3, 0.4) is 0 Å². The molecule has 2 atom stereocenters. The van der Waals surface area contributed by atoms with Crippen LogP contribution < -0.4 is 0 Å². The minimum absolute atomic E-state index is 0.0393. The van der Waals surface area contributed by atoms with Crippen molar-refractivity contribution in [3.05, 3.63) is 68.7 Å². The monoisotopic (exact) mass is 446 g/mol. The molecule has 2 aromatic carbocycles. The molecular formula is C23H24Cl2N2O3. The standard InChI is InChI=1S/C23H24Cl2N2O3/c1-14-16-4-2-5-18(23(30)26-10-8-15(28)13-26)17(16)9-11-27(14)22(29)12-19-20(24)6-3-7-21(19)25/h2-7,14-15,28H,8-13H2,1H3/t14-,15-/m0/s1. The summed E-state index contributed by atoms with van der Waals surface area (Å²) in [5, 5.41) is 10.8. The fraction of sp³-hybridized carbons (Fsp3) is 0.391. The lowest BCUT2D eigenvalue weighted by atomic mass is 9.89. The van der Waals surface area contributed by atoms with Gasteiger partial charge >= 0.3 is 0 Å². The molecule has 2 heterocycles. The van der Waals surface area contributed by atoms with E-state index in [1.807, 2.05) is 30.0 Å². The Labute approximate surface area is 186 Å². The summed E-state index contributed by atoms with van der Waals surface area (Å²) in [5.74, 6) is -0.0826. The van der Waals surface area contributed by atoms with Crippen molar-refractivity contribution >= 4 is 35.0 Å². The van der Waals surface area contributed by atoms with Crippen molar-refractivity contribution in [3.8, 4) is 0 Å². The Bertz CT molecular complexity index is 974. The molecule has 0 saturated carbocycles. The van der Waals surface area contributed by atoms with E-state index < -0.39 is 6.10 Å². The maximum Gasteiger partial charge on any atom is 0.254 e. The first-order valence-corrected chi connectivity index (χ1v) is 10.9. The van der Waals surface area contributed by atoms with Crippen molar-refractivity contribution in [2.75, 3.05) is 19.6 Å². The Morgan fingerprint density at radius 2 is 1.80 bits per heavy atom. The van der Waals surface area contributed by atoms with Gasteiger partial charge in [-0.15, -0.1) is 0 Å². The Hall–Kier alpha value is -2.08. The van der Waals surface area contributed by atoms with Gasteiger partial charge in [0.1, 0.15) is 0 Å². The van der Waals surface area contributed by atoms with Crippen molar-refractivity contribution < 1.29 is 14.7 Å². The van der Waals surface area contributed by atoms with Crippen LogP contribution in [0.15, 0.2) is 36.4 Å². The first kappa shape index (κ1) is 21.2. The number of amides is 2. The first-order valence-electron chi connectivity index (χ1n) is 10.2. The number of aliphatic hydroxyl groups is 1. The topological polar surface area (TPSA) is 60.9 Å². The van der Waals surface area contributed by atoms with Gasteiger partial charge in [-0.2, -0.15) is 0 Å². The Morgan fingerprint density at radius 3 is 2.47 bits per heavy atom. The lowest BCUT2D eigenvalue weighted by molar-refractivity contribution is -0.133. The number of hydrogen-bond donors (Lipinski definition) is 1. The lowest BCUT2D eigenvalue weighted by Gasteiger charge is -2.36. The molecule has 158 valence electrons. The molecule has 2 aliphatic rings. The van der Waals surface area contributed by atoms with Gasteiger partial charge in [0.2, 0.25) is 5.91 Å². The summed E-state index contributed by atoms with van der Waals surface area (Å²) in [5.41, 5.74) is 3.30. The number of aliphatic hydroxyl groups excluding tert-OH is 1. The largest absolute Gasteiger partial charge is 0.391 e. The number of halogens is 2. The second-order valence-electron chi connectivity index (χ2n) is 7.96. The van der Waals surface area contributed by atoms with E-state index in [1.54, 1.807) is 23.1 Å². The van der Waals surface area contributed by atoms with Crippen LogP contribution in [0.4, 0.5) is 0 Å². The third-order valence-corrected chi connectivity index (χ3v) is 6.83. The van der Waals surface area contributed by atoms with E-state index in [0.717, 1.165) is 11.1 Å². The molecule has 5 nitrogen and oxygen atoms in total. The van der Waals surface area contributed by atoms with E-state index in [-0.39, 0.29) is 24.3 Å². The number of likely N-dealkylation sites (tertiary alicyclic amines) is 1. The minimum Gasteiger partial charge on any atom is -0.391 e. The number of benzene rings is 2. The van der Waals surface area contributed by atoms with Crippen molar-refractivity contribution in [2.24, 2.45) is 0 Å². The summed E-state index contributed by atoms with van der Waals surface area (Å²) < 4.78 is 0. The van der Waals surface area contributed by atoms with Crippen LogP contribution in [0, 0.1) is 0 Å². The number of β-amino-alcohol motifs (C(OH)–C–C–N with tert-alkyl or cyclic N) is 1. The number of fused-ring (bicyclic) bond motifs is 1. The first-order chi connectivity index (χ1) is 14.4. The number of rotatable bonds is 3. The molecule has 2 amide bonds. The summed E-state index contributed by atoms with van der Waals surface area (Å²) in [7, 11) is 0. The highest BCUT2D eigenvalue weighted by molar-refractivity contribution is 6.36. The minimum atomic E-state index is -0.447. The van der Waals surface area contributed by atoms with Gasteiger partial charge in [-0.1, -0.05) is 41.4 Å². The molecule has 2 aromatic rings. The molecule has 0 unspecified atom stereocenters. The molecule has 0 spiro atoms. The van der Waals surface area contributed by atoms with E-state index in [2.05, 4.69) is 0 Å². The van der Waals surface area contributed by atoms with Crippen LogP contribution in [-0.2, 0) is 17.6 Å². The molecule has 0 bridgehead atoms. The normalized spacial score (nSPS) is 20.9. The lowest BCUT2D eigenvalue weighted by Crippen LogP contribution is -2.41. The third kappa shape index (κ3) is 3.94. The molecule has 0 radical (unpaired) electrons. The number of nitrogens with zero attached hydrogens (tertiary/aromatic N) is 2. The zero-order valence-corrected chi connectivity index (χ0v) is 18.3. The van der Waals surface area contributed by atoms with Crippen molar-refractivity contribution in [1.82, 2.24) is 9.80 Å². The van der Waals surface area contributed by atoms with Crippen molar-refractivity contribution in [2.45, 2.75) is 38.3 Å². The molecule has 1 N–H and O–H groups in total. The van der Waals surface area contributed by atoms with Gasteiger partial charge in [-0.3, -0.25) is 9.59 Å².